The number of aliphatic carboxylic acids is 1. The average molecular weight is 826 g/mol. The number of phosphoric acid groups is 1. The van der Waals surface area contributed by atoms with Gasteiger partial charge in [-0.3, -0.25) is 18.6 Å². The number of unbranched alkanes of at least 4 members (excludes halogenated alkanes) is 21. The molecule has 0 aromatic heterocycles. The fourth-order valence-electron chi connectivity index (χ4n) is 6.08. The maximum Gasteiger partial charge on any atom is 0.472 e. The number of allylic oxidation sites excluding steroid dienone is 8. The van der Waals surface area contributed by atoms with Gasteiger partial charge in [-0.05, 0) is 70.6 Å². The van der Waals surface area contributed by atoms with Crippen LogP contribution in [-0.4, -0.2) is 60.5 Å². The maximum atomic E-state index is 12.7. The Morgan fingerprint density at radius 2 is 1.02 bits per heavy atom. The molecule has 0 aromatic carbocycles. The average Bonchev–Trinajstić information content (AvgIpc) is 3.19. The summed E-state index contributed by atoms with van der Waals surface area (Å²) in [6.07, 6.45) is 48.7. The van der Waals surface area contributed by atoms with Gasteiger partial charge < -0.3 is 25.2 Å². The first kappa shape index (κ1) is 54.9. The number of carboxylic acid groups (broad SMARTS) is 1. The molecule has 332 valence electrons. The zero-order chi connectivity index (χ0) is 41.9. The molecular weight excluding hydrogens is 741 g/mol. The molecule has 0 aliphatic rings. The number of nitrogens with two attached hydrogens (primary N) is 1. The van der Waals surface area contributed by atoms with E-state index in [1.54, 1.807) is 0 Å². The van der Waals surface area contributed by atoms with Crippen LogP contribution < -0.4 is 5.73 Å². The van der Waals surface area contributed by atoms with Gasteiger partial charge in [0.1, 0.15) is 12.1 Å². The van der Waals surface area contributed by atoms with Crippen molar-refractivity contribution in [2.75, 3.05) is 26.4 Å². The highest BCUT2D eigenvalue weighted by Crippen LogP contribution is 2.43. The molecule has 3 atom stereocenters. The molecule has 0 fully saturated rings. The van der Waals surface area contributed by atoms with E-state index in [-0.39, 0.29) is 13.0 Å². The summed E-state index contributed by atoms with van der Waals surface area (Å²) in [5, 5.41) is 8.90. The number of hydrogen-bond acceptors (Lipinski definition) is 8. The van der Waals surface area contributed by atoms with Crippen molar-refractivity contribution in [2.45, 2.75) is 206 Å². The standard InChI is InChI=1S/C46H84NO9P/c1-3-5-7-9-11-13-15-17-19-21-22-23-24-26-28-30-32-34-36-38-45(48)56-43(41-54-57(51,52)55-42-44(47)46(49)50)40-53-39-37-35-33-31-29-27-25-20-18-16-14-12-10-8-6-4-2/h6,8,12,14,17-20,43-44H,3-5,7,9-11,13,15-16,21-42,47H2,1-2H3,(H,49,50)(H,51,52)/b8-6-,14-12-,19-17-,20-18-. The summed E-state index contributed by atoms with van der Waals surface area (Å²) < 4.78 is 33.4. The van der Waals surface area contributed by atoms with Crippen LogP contribution in [0.5, 0.6) is 0 Å². The maximum absolute atomic E-state index is 12.7. The van der Waals surface area contributed by atoms with E-state index in [4.69, 9.17) is 29.4 Å². The predicted octanol–water partition coefficient (Wildman–Crippen LogP) is 12.6. The van der Waals surface area contributed by atoms with Crippen LogP contribution >= 0.6 is 7.82 Å². The zero-order valence-electron chi connectivity index (χ0n) is 36.2. The van der Waals surface area contributed by atoms with Crippen LogP contribution in [0, 0.1) is 0 Å². The second kappa shape index (κ2) is 42.1. The van der Waals surface area contributed by atoms with Crippen molar-refractivity contribution in [1.82, 2.24) is 0 Å². The number of rotatable bonds is 43. The molecule has 0 heterocycles. The number of hydrogen-bond donors (Lipinski definition) is 3. The largest absolute Gasteiger partial charge is 0.480 e. The first-order valence-corrected chi connectivity index (χ1v) is 24.2. The molecule has 57 heavy (non-hydrogen) atoms. The number of carboxylic acids is 1. The van der Waals surface area contributed by atoms with Gasteiger partial charge in [0.15, 0.2) is 0 Å². The van der Waals surface area contributed by atoms with Crippen molar-refractivity contribution in [3.05, 3.63) is 48.6 Å². The molecule has 0 rings (SSSR count). The Hall–Kier alpha value is -2.07. The van der Waals surface area contributed by atoms with Gasteiger partial charge in [-0.1, -0.05) is 165 Å². The van der Waals surface area contributed by atoms with E-state index in [0.717, 1.165) is 64.2 Å². The van der Waals surface area contributed by atoms with Crippen molar-refractivity contribution in [2.24, 2.45) is 5.73 Å². The van der Waals surface area contributed by atoms with Gasteiger partial charge in [-0.25, -0.2) is 4.57 Å². The number of esters is 1. The second-order valence-corrected chi connectivity index (χ2v) is 16.6. The minimum Gasteiger partial charge on any atom is -0.480 e. The molecule has 3 unspecified atom stereocenters. The van der Waals surface area contributed by atoms with Crippen molar-refractivity contribution in [3.8, 4) is 0 Å². The van der Waals surface area contributed by atoms with Crippen LogP contribution in [0.15, 0.2) is 48.6 Å². The quantitative estimate of drug-likeness (QED) is 0.0234. The monoisotopic (exact) mass is 826 g/mol. The van der Waals surface area contributed by atoms with Gasteiger partial charge in [-0.2, -0.15) is 0 Å². The Morgan fingerprint density at radius 1 is 0.579 bits per heavy atom. The van der Waals surface area contributed by atoms with Crippen LogP contribution in [0.4, 0.5) is 0 Å². The number of ether oxygens (including phenoxy) is 2. The fourth-order valence-corrected chi connectivity index (χ4v) is 6.86. The van der Waals surface area contributed by atoms with Crippen LogP contribution in [0.2, 0.25) is 0 Å². The van der Waals surface area contributed by atoms with Crippen molar-refractivity contribution < 1.29 is 42.7 Å². The number of carbonyl (C=O) groups is 2. The van der Waals surface area contributed by atoms with Crippen LogP contribution in [-0.2, 0) is 32.7 Å². The molecule has 0 amide bonds. The lowest BCUT2D eigenvalue weighted by atomic mass is 10.1. The Bertz CT molecular complexity index is 1090. The lowest BCUT2D eigenvalue weighted by Crippen LogP contribution is -2.34. The minimum atomic E-state index is -4.62. The highest BCUT2D eigenvalue weighted by Gasteiger charge is 2.27. The third-order valence-electron chi connectivity index (χ3n) is 9.59. The lowest BCUT2D eigenvalue weighted by molar-refractivity contribution is -0.154. The molecule has 0 spiro atoms. The topological polar surface area (TPSA) is 155 Å². The first-order chi connectivity index (χ1) is 27.7. The summed E-state index contributed by atoms with van der Waals surface area (Å²) in [7, 11) is -4.62. The Morgan fingerprint density at radius 3 is 1.54 bits per heavy atom. The van der Waals surface area contributed by atoms with Crippen LogP contribution in [0.3, 0.4) is 0 Å². The van der Waals surface area contributed by atoms with E-state index in [2.05, 4.69) is 62.5 Å². The summed E-state index contributed by atoms with van der Waals surface area (Å²) in [6.45, 7) is 3.74. The van der Waals surface area contributed by atoms with E-state index in [1.807, 2.05) is 0 Å². The highest BCUT2D eigenvalue weighted by molar-refractivity contribution is 7.47. The van der Waals surface area contributed by atoms with E-state index >= 15 is 0 Å². The summed E-state index contributed by atoms with van der Waals surface area (Å²) in [5.41, 5.74) is 5.36. The van der Waals surface area contributed by atoms with Crippen molar-refractivity contribution >= 4 is 19.8 Å². The molecule has 11 heteroatoms. The van der Waals surface area contributed by atoms with E-state index in [9.17, 15) is 19.0 Å². The molecule has 0 radical (unpaired) electrons. The lowest BCUT2D eigenvalue weighted by Gasteiger charge is -2.20. The van der Waals surface area contributed by atoms with Crippen molar-refractivity contribution in [1.29, 1.82) is 0 Å². The number of phosphoric ester groups is 1. The molecule has 10 nitrogen and oxygen atoms in total. The Labute approximate surface area is 348 Å². The van der Waals surface area contributed by atoms with E-state index < -0.39 is 45.1 Å². The summed E-state index contributed by atoms with van der Waals surface area (Å²) in [5.74, 6) is -1.79. The third-order valence-corrected chi connectivity index (χ3v) is 10.5. The van der Waals surface area contributed by atoms with E-state index in [0.29, 0.717) is 13.0 Å². The minimum absolute atomic E-state index is 0.00677. The SMILES string of the molecule is CC/C=C\C/C=C\C/C=C\CCCCCCCCOCC(COP(=O)(O)OCC(N)C(=O)O)OC(=O)CCCCCCCCCCC/C=C\CCCCCCCC. The van der Waals surface area contributed by atoms with Gasteiger partial charge in [0.2, 0.25) is 0 Å². The fraction of sp³-hybridized carbons (Fsp3) is 0.783. The van der Waals surface area contributed by atoms with Gasteiger partial charge in [0.25, 0.3) is 0 Å². The Balaban J connectivity index is 4.23. The Kier molecular flexibility index (Phi) is 40.5. The smallest absolute Gasteiger partial charge is 0.472 e. The molecule has 0 aliphatic heterocycles. The van der Waals surface area contributed by atoms with Gasteiger partial charge in [0.05, 0.1) is 19.8 Å². The summed E-state index contributed by atoms with van der Waals surface area (Å²) >= 11 is 0. The second-order valence-electron chi connectivity index (χ2n) is 15.1. The highest BCUT2D eigenvalue weighted by atomic mass is 31.2. The summed E-state index contributed by atoms with van der Waals surface area (Å²) in [4.78, 5) is 33.6. The van der Waals surface area contributed by atoms with E-state index in [1.165, 1.54) is 103 Å². The molecule has 0 aromatic rings. The number of carbonyl (C=O) groups excluding carboxylic acids is 1. The summed E-state index contributed by atoms with van der Waals surface area (Å²) in [6, 6.07) is -1.48. The van der Waals surface area contributed by atoms with Gasteiger partial charge in [0, 0.05) is 13.0 Å². The molecule has 0 saturated carbocycles. The molecular formula is C46H84NO9P. The van der Waals surface area contributed by atoms with Gasteiger partial charge in [-0.15, -0.1) is 0 Å². The van der Waals surface area contributed by atoms with Crippen LogP contribution in [0.1, 0.15) is 194 Å². The van der Waals surface area contributed by atoms with Crippen molar-refractivity contribution in [3.63, 3.8) is 0 Å². The van der Waals surface area contributed by atoms with Gasteiger partial charge >= 0.3 is 19.8 Å². The molecule has 0 bridgehead atoms. The predicted molar refractivity (Wildman–Crippen MR) is 235 cm³/mol. The molecule has 4 N–H and O–H groups in total. The van der Waals surface area contributed by atoms with Crippen LogP contribution in [0.25, 0.3) is 0 Å². The normalized spacial score (nSPS) is 14.3. The molecule has 0 saturated heterocycles. The third kappa shape index (κ3) is 41.9. The zero-order valence-corrected chi connectivity index (χ0v) is 37.1. The first-order valence-electron chi connectivity index (χ1n) is 22.7. The molecule has 0 aliphatic carbocycles.